The second-order valence-corrected chi connectivity index (χ2v) is 6.52. The number of nitrogens with zero attached hydrogens (tertiary/aromatic N) is 1. The van der Waals surface area contributed by atoms with Gasteiger partial charge < -0.3 is 14.7 Å². The lowest BCUT2D eigenvalue weighted by atomic mass is 10.0. The molecule has 0 heterocycles. The highest BCUT2D eigenvalue weighted by Crippen LogP contribution is 2.32. The number of likely N-dealkylation sites (N-methyl/N-ethyl adjacent to an activating group) is 1. The van der Waals surface area contributed by atoms with Crippen LogP contribution in [0.4, 0.5) is 0 Å². The molecule has 5 nitrogen and oxygen atoms in total. The molecule has 2 rings (SSSR count). The van der Waals surface area contributed by atoms with E-state index in [-0.39, 0.29) is 17.7 Å². The number of carboxylic acids is 1. The summed E-state index contributed by atoms with van der Waals surface area (Å²) in [5, 5.41) is 8.99. The summed E-state index contributed by atoms with van der Waals surface area (Å²) in [6.45, 7) is 0.905. The van der Waals surface area contributed by atoms with E-state index in [2.05, 4.69) is 15.9 Å². The maximum atomic E-state index is 12.3. The lowest BCUT2D eigenvalue weighted by Gasteiger charge is -2.21. The molecular weight excluding hydrogens is 350 g/mol. The van der Waals surface area contributed by atoms with E-state index in [0.29, 0.717) is 32.4 Å². The molecule has 1 amide bonds. The van der Waals surface area contributed by atoms with E-state index in [1.165, 1.54) is 0 Å². The van der Waals surface area contributed by atoms with Gasteiger partial charge in [-0.25, -0.2) is 0 Å². The van der Waals surface area contributed by atoms with Crippen molar-refractivity contribution < 1.29 is 19.4 Å². The minimum Gasteiger partial charge on any atom is -0.492 e. The molecule has 1 aromatic carbocycles. The molecule has 0 radical (unpaired) electrons. The van der Waals surface area contributed by atoms with Crippen LogP contribution in [0, 0.1) is 11.8 Å². The van der Waals surface area contributed by atoms with E-state index < -0.39 is 5.97 Å². The van der Waals surface area contributed by atoms with E-state index in [9.17, 15) is 9.59 Å². The first-order valence-corrected chi connectivity index (χ1v) is 8.13. The Morgan fingerprint density at radius 1 is 1.27 bits per heavy atom. The molecule has 0 aliphatic heterocycles. The van der Waals surface area contributed by atoms with Crippen molar-refractivity contribution in [2.75, 3.05) is 20.2 Å². The van der Waals surface area contributed by atoms with Crippen LogP contribution in [-0.2, 0) is 9.59 Å². The molecule has 120 valence electrons. The largest absolute Gasteiger partial charge is 0.492 e. The number of hydrogen-bond donors (Lipinski definition) is 1. The second-order valence-electron chi connectivity index (χ2n) is 5.61. The van der Waals surface area contributed by atoms with Crippen molar-refractivity contribution in [3.63, 3.8) is 0 Å². The van der Waals surface area contributed by atoms with E-state index in [0.717, 1.165) is 10.2 Å². The Bertz CT molecular complexity index is 531. The Kier molecular flexibility index (Phi) is 5.83. The average molecular weight is 370 g/mol. The highest BCUT2D eigenvalue weighted by molar-refractivity contribution is 9.10. The first-order chi connectivity index (χ1) is 10.5. The van der Waals surface area contributed by atoms with Gasteiger partial charge in [-0.2, -0.15) is 0 Å². The third-order valence-corrected chi connectivity index (χ3v) is 4.55. The topological polar surface area (TPSA) is 66.8 Å². The van der Waals surface area contributed by atoms with Crippen molar-refractivity contribution in [1.82, 2.24) is 4.90 Å². The molecular formula is C16H20BrNO4. The van der Waals surface area contributed by atoms with Crippen LogP contribution in [-0.4, -0.2) is 42.1 Å². The third kappa shape index (κ3) is 4.47. The summed E-state index contributed by atoms with van der Waals surface area (Å²) in [6.07, 6.45) is 1.70. The minimum atomic E-state index is -0.795. The Morgan fingerprint density at radius 3 is 2.50 bits per heavy atom. The predicted molar refractivity (Wildman–Crippen MR) is 85.7 cm³/mol. The Morgan fingerprint density at radius 2 is 1.91 bits per heavy atom. The van der Waals surface area contributed by atoms with Gasteiger partial charge in [-0.05, 0) is 43.5 Å². The summed E-state index contributed by atoms with van der Waals surface area (Å²) in [5.74, 6) is -0.560. The molecule has 1 aliphatic carbocycles. The number of carbonyl (C=O) groups excluding carboxylic acids is 1. The van der Waals surface area contributed by atoms with Crippen molar-refractivity contribution in [1.29, 1.82) is 0 Å². The number of carbonyl (C=O) groups is 2. The monoisotopic (exact) mass is 369 g/mol. The molecule has 2 atom stereocenters. The van der Waals surface area contributed by atoms with Crippen molar-refractivity contribution in [3.05, 3.63) is 28.7 Å². The predicted octanol–water partition coefficient (Wildman–Crippen LogP) is 2.79. The van der Waals surface area contributed by atoms with Gasteiger partial charge in [0.25, 0.3) is 0 Å². The van der Waals surface area contributed by atoms with Crippen molar-refractivity contribution in [3.8, 4) is 5.75 Å². The van der Waals surface area contributed by atoms with Gasteiger partial charge in [0.2, 0.25) is 5.91 Å². The highest BCUT2D eigenvalue weighted by Gasteiger charge is 2.34. The number of halogens is 1. The van der Waals surface area contributed by atoms with Gasteiger partial charge in [-0.3, -0.25) is 9.59 Å². The van der Waals surface area contributed by atoms with Crippen LogP contribution in [0.1, 0.15) is 19.3 Å². The number of aliphatic carboxylic acids is 1. The van der Waals surface area contributed by atoms with Crippen LogP contribution < -0.4 is 4.74 Å². The summed E-state index contributed by atoms with van der Waals surface area (Å²) in [6, 6.07) is 7.52. The number of ether oxygens (including phenoxy) is 1. The third-order valence-electron chi connectivity index (χ3n) is 4.02. The summed E-state index contributed by atoms with van der Waals surface area (Å²) >= 11 is 3.36. The van der Waals surface area contributed by atoms with E-state index in [1.54, 1.807) is 11.9 Å². The number of carboxylic acid groups (broad SMARTS) is 1. The number of benzene rings is 1. The zero-order valence-corrected chi connectivity index (χ0v) is 14.1. The maximum Gasteiger partial charge on any atom is 0.306 e. The van der Waals surface area contributed by atoms with Crippen molar-refractivity contribution in [2.45, 2.75) is 19.3 Å². The van der Waals surface area contributed by atoms with Gasteiger partial charge in [0.15, 0.2) is 0 Å². The number of amides is 1. The maximum absolute atomic E-state index is 12.3. The standard InChI is InChI=1S/C16H20BrNO4/c1-18(8-9-22-14-6-4-13(17)5-7-14)15(19)11-2-3-12(10-11)16(20)21/h4-7,11-12H,2-3,8-10H2,1H3,(H,20,21)/t11-,12+/m1/s1. The molecule has 0 aromatic heterocycles. The fourth-order valence-electron chi connectivity index (χ4n) is 2.68. The van der Waals surface area contributed by atoms with E-state index in [4.69, 9.17) is 9.84 Å². The smallest absolute Gasteiger partial charge is 0.306 e. The molecule has 22 heavy (non-hydrogen) atoms. The number of rotatable bonds is 6. The molecule has 1 N–H and O–H groups in total. The SMILES string of the molecule is CN(CCOc1ccc(Br)cc1)C(=O)[C@@H]1CC[C@H](C(=O)O)C1. The first-order valence-electron chi connectivity index (χ1n) is 7.33. The van der Waals surface area contributed by atoms with Crippen molar-refractivity contribution >= 4 is 27.8 Å². The Labute approximate surface area is 138 Å². The molecule has 0 bridgehead atoms. The van der Waals surface area contributed by atoms with Crippen LogP contribution in [0.25, 0.3) is 0 Å². The van der Waals surface area contributed by atoms with Gasteiger partial charge >= 0.3 is 5.97 Å². The molecule has 1 aromatic rings. The van der Waals surface area contributed by atoms with Crippen LogP contribution >= 0.6 is 15.9 Å². The second kappa shape index (κ2) is 7.63. The Hall–Kier alpha value is -1.56. The highest BCUT2D eigenvalue weighted by atomic mass is 79.9. The zero-order chi connectivity index (χ0) is 16.1. The molecule has 0 spiro atoms. The average Bonchev–Trinajstić information content (AvgIpc) is 2.98. The summed E-state index contributed by atoms with van der Waals surface area (Å²) in [5.41, 5.74) is 0. The van der Waals surface area contributed by atoms with Crippen LogP contribution in [0.2, 0.25) is 0 Å². The number of hydrogen-bond acceptors (Lipinski definition) is 3. The minimum absolute atomic E-state index is 0.0168. The molecule has 6 heteroatoms. The van der Waals surface area contributed by atoms with Gasteiger partial charge in [0.05, 0.1) is 12.5 Å². The molecule has 0 saturated heterocycles. The van der Waals surface area contributed by atoms with Gasteiger partial charge in [0.1, 0.15) is 12.4 Å². The van der Waals surface area contributed by atoms with Gasteiger partial charge in [0, 0.05) is 17.4 Å². The van der Waals surface area contributed by atoms with Crippen LogP contribution in [0.15, 0.2) is 28.7 Å². The van der Waals surface area contributed by atoms with Crippen LogP contribution in [0.3, 0.4) is 0 Å². The molecule has 1 fully saturated rings. The van der Waals surface area contributed by atoms with Gasteiger partial charge in [-0.1, -0.05) is 15.9 Å². The van der Waals surface area contributed by atoms with Crippen molar-refractivity contribution in [2.24, 2.45) is 11.8 Å². The fraction of sp³-hybridized carbons (Fsp3) is 0.500. The molecule has 0 unspecified atom stereocenters. The lowest BCUT2D eigenvalue weighted by molar-refractivity contribution is -0.141. The Balaban J connectivity index is 1.75. The van der Waals surface area contributed by atoms with Gasteiger partial charge in [-0.15, -0.1) is 0 Å². The summed E-state index contributed by atoms with van der Waals surface area (Å²) in [4.78, 5) is 24.8. The first kappa shape index (κ1) is 16.8. The quantitative estimate of drug-likeness (QED) is 0.836. The summed E-state index contributed by atoms with van der Waals surface area (Å²) in [7, 11) is 1.74. The lowest BCUT2D eigenvalue weighted by Crippen LogP contribution is -2.35. The fourth-order valence-corrected chi connectivity index (χ4v) is 2.95. The molecule has 1 saturated carbocycles. The summed E-state index contributed by atoms with van der Waals surface area (Å²) < 4.78 is 6.58. The normalized spacial score (nSPS) is 20.6. The van der Waals surface area contributed by atoms with E-state index in [1.807, 2.05) is 24.3 Å². The molecule has 1 aliphatic rings. The van der Waals surface area contributed by atoms with Crippen LogP contribution in [0.5, 0.6) is 5.75 Å². The van der Waals surface area contributed by atoms with E-state index >= 15 is 0 Å². The zero-order valence-electron chi connectivity index (χ0n) is 12.5.